The zero-order valence-electron chi connectivity index (χ0n) is 10.7. The lowest BCUT2D eigenvalue weighted by Gasteiger charge is -2.02. The fourth-order valence-corrected chi connectivity index (χ4v) is 1.71. The van der Waals surface area contributed by atoms with Gasteiger partial charge < -0.3 is 5.10 Å². The molecule has 6 nitrogen and oxygen atoms in total. The van der Waals surface area contributed by atoms with E-state index < -0.39 is 0 Å². The summed E-state index contributed by atoms with van der Waals surface area (Å²) in [5.41, 5.74) is 4.20. The van der Waals surface area contributed by atoms with Crippen molar-refractivity contribution in [2.45, 2.75) is 13.3 Å². The Morgan fingerprint density at radius 3 is 2.60 bits per heavy atom. The average Bonchev–Trinajstić information content (AvgIpc) is 2.82. The minimum absolute atomic E-state index is 0.0517. The highest BCUT2D eigenvalue weighted by molar-refractivity contribution is 6.30. The fourth-order valence-electron chi connectivity index (χ4n) is 1.58. The SMILES string of the molecule is C/C(=N/NC(=O)Cc1cc(=O)[nH][nH]1)c1ccc(Cl)cc1. The number of nitrogens with zero attached hydrogens (tertiary/aromatic N) is 1. The van der Waals surface area contributed by atoms with Gasteiger partial charge in [-0.3, -0.25) is 14.7 Å². The van der Waals surface area contributed by atoms with Crippen molar-refractivity contribution in [3.8, 4) is 0 Å². The Labute approximate surface area is 119 Å². The monoisotopic (exact) mass is 292 g/mol. The van der Waals surface area contributed by atoms with E-state index in [9.17, 15) is 9.59 Å². The van der Waals surface area contributed by atoms with E-state index in [-0.39, 0.29) is 17.9 Å². The van der Waals surface area contributed by atoms with E-state index in [1.54, 1.807) is 19.1 Å². The number of carbonyl (C=O) groups is 1. The van der Waals surface area contributed by atoms with Crippen LogP contribution in [0.1, 0.15) is 18.2 Å². The van der Waals surface area contributed by atoms with Crippen molar-refractivity contribution in [2.24, 2.45) is 5.10 Å². The van der Waals surface area contributed by atoms with Crippen molar-refractivity contribution < 1.29 is 4.79 Å². The second-order valence-corrected chi connectivity index (χ2v) is 4.64. The molecule has 0 spiro atoms. The van der Waals surface area contributed by atoms with Gasteiger partial charge in [0, 0.05) is 16.8 Å². The van der Waals surface area contributed by atoms with Crippen LogP contribution in [0.15, 0.2) is 40.2 Å². The zero-order valence-corrected chi connectivity index (χ0v) is 11.5. The lowest BCUT2D eigenvalue weighted by atomic mass is 10.1. The summed E-state index contributed by atoms with van der Waals surface area (Å²) in [6.45, 7) is 1.78. The Hall–Kier alpha value is -2.34. The van der Waals surface area contributed by atoms with Gasteiger partial charge in [0.15, 0.2) is 0 Å². The minimum atomic E-state index is -0.312. The van der Waals surface area contributed by atoms with Gasteiger partial charge in [-0.25, -0.2) is 5.43 Å². The number of aromatic amines is 2. The molecule has 0 aliphatic rings. The lowest BCUT2D eigenvalue weighted by Crippen LogP contribution is -2.21. The van der Waals surface area contributed by atoms with Crippen molar-refractivity contribution in [1.82, 2.24) is 15.6 Å². The maximum atomic E-state index is 11.6. The number of aromatic nitrogens is 2. The highest BCUT2D eigenvalue weighted by Crippen LogP contribution is 2.10. The van der Waals surface area contributed by atoms with Crippen LogP contribution in [0.4, 0.5) is 0 Å². The smallest absolute Gasteiger partial charge is 0.264 e. The van der Waals surface area contributed by atoms with Gasteiger partial charge in [0.25, 0.3) is 5.56 Å². The van der Waals surface area contributed by atoms with Crippen LogP contribution in [0, 0.1) is 0 Å². The van der Waals surface area contributed by atoms with E-state index in [2.05, 4.69) is 20.7 Å². The molecule has 7 heteroatoms. The molecule has 0 fully saturated rings. The Morgan fingerprint density at radius 2 is 2.00 bits per heavy atom. The molecule has 0 atom stereocenters. The summed E-state index contributed by atoms with van der Waals surface area (Å²) >= 11 is 5.79. The zero-order chi connectivity index (χ0) is 14.5. The second-order valence-electron chi connectivity index (χ2n) is 4.20. The number of nitrogens with one attached hydrogen (secondary N) is 3. The summed E-state index contributed by atoms with van der Waals surface area (Å²) in [7, 11) is 0. The van der Waals surface area contributed by atoms with Gasteiger partial charge in [-0.05, 0) is 24.6 Å². The maximum absolute atomic E-state index is 11.6. The first-order valence-electron chi connectivity index (χ1n) is 5.90. The summed E-state index contributed by atoms with van der Waals surface area (Å²) in [5.74, 6) is -0.312. The second kappa shape index (κ2) is 6.21. The third-order valence-corrected chi connectivity index (χ3v) is 2.86. The number of halogens is 1. The molecular formula is C13H13ClN4O2. The number of rotatable bonds is 4. The van der Waals surface area contributed by atoms with Gasteiger partial charge >= 0.3 is 0 Å². The topological polar surface area (TPSA) is 90.1 Å². The third-order valence-electron chi connectivity index (χ3n) is 2.61. The van der Waals surface area contributed by atoms with E-state index in [1.165, 1.54) is 6.07 Å². The summed E-state index contributed by atoms with van der Waals surface area (Å²) in [5, 5.41) is 9.60. The number of carbonyl (C=O) groups excluding carboxylic acids is 1. The van der Waals surface area contributed by atoms with E-state index in [1.807, 2.05) is 12.1 Å². The molecule has 0 saturated carbocycles. The number of hydrogen-bond donors (Lipinski definition) is 3. The molecule has 1 amide bonds. The summed E-state index contributed by atoms with van der Waals surface area (Å²) in [4.78, 5) is 22.5. The molecule has 0 saturated heterocycles. The molecule has 0 radical (unpaired) electrons. The third kappa shape index (κ3) is 3.83. The molecule has 1 aromatic carbocycles. The number of amides is 1. The average molecular weight is 293 g/mol. The highest BCUT2D eigenvalue weighted by Gasteiger charge is 2.05. The van der Waals surface area contributed by atoms with Gasteiger partial charge in [-0.1, -0.05) is 23.7 Å². The van der Waals surface area contributed by atoms with Crippen LogP contribution in [0.3, 0.4) is 0 Å². The minimum Gasteiger partial charge on any atom is -0.302 e. The van der Waals surface area contributed by atoms with Crippen molar-refractivity contribution >= 4 is 23.2 Å². The molecule has 2 rings (SSSR count). The van der Waals surface area contributed by atoms with Gasteiger partial charge in [0.2, 0.25) is 5.91 Å². The van der Waals surface area contributed by atoms with Gasteiger partial charge in [-0.15, -0.1) is 0 Å². The van der Waals surface area contributed by atoms with Crippen molar-refractivity contribution in [1.29, 1.82) is 0 Å². The molecule has 3 N–H and O–H groups in total. The van der Waals surface area contributed by atoms with Crippen molar-refractivity contribution in [2.75, 3.05) is 0 Å². The first kappa shape index (κ1) is 14.1. The quantitative estimate of drug-likeness (QED) is 0.588. The van der Waals surface area contributed by atoms with Crippen LogP contribution in [0.2, 0.25) is 5.02 Å². The highest BCUT2D eigenvalue weighted by atomic mass is 35.5. The van der Waals surface area contributed by atoms with Crippen LogP contribution < -0.4 is 11.0 Å². The van der Waals surface area contributed by atoms with E-state index in [0.717, 1.165) is 5.56 Å². The molecule has 0 aliphatic heterocycles. The van der Waals surface area contributed by atoms with E-state index in [0.29, 0.717) is 16.4 Å². The number of hydrazone groups is 1. The first-order chi connectivity index (χ1) is 9.54. The van der Waals surface area contributed by atoms with Crippen LogP contribution in [0.25, 0.3) is 0 Å². The van der Waals surface area contributed by atoms with Crippen LogP contribution in [-0.4, -0.2) is 21.8 Å². The Bertz CT molecular complexity index is 685. The largest absolute Gasteiger partial charge is 0.302 e. The number of H-pyrrole nitrogens is 2. The van der Waals surface area contributed by atoms with E-state index in [4.69, 9.17) is 11.6 Å². The standard InChI is InChI=1S/C13H13ClN4O2/c1-8(9-2-4-10(14)5-3-9)15-17-12(19)6-11-7-13(20)18-16-11/h2-5,7H,6H2,1H3,(H,17,19)(H2,16,18,20)/b15-8-. The number of hydrogen-bond acceptors (Lipinski definition) is 3. The van der Waals surface area contributed by atoms with Crippen molar-refractivity contribution in [3.05, 3.63) is 57.0 Å². The van der Waals surface area contributed by atoms with Gasteiger partial charge in [-0.2, -0.15) is 5.10 Å². The van der Waals surface area contributed by atoms with Crippen LogP contribution >= 0.6 is 11.6 Å². The summed E-state index contributed by atoms with van der Waals surface area (Å²) in [6, 6.07) is 8.47. The molecule has 0 aliphatic carbocycles. The molecule has 1 aromatic heterocycles. The molecule has 20 heavy (non-hydrogen) atoms. The fraction of sp³-hybridized carbons (Fsp3) is 0.154. The Balaban J connectivity index is 1.96. The first-order valence-corrected chi connectivity index (χ1v) is 6.28. The Kier molecular flexibility index (Phi) is 4.37. The van der Waals surface area contributed by atoms with Gasteiger partial charge in [0.1, 0.15) is 0 Å². The van der Waals surface area contributed by atoms with Crippen LogP contribution in [0.5, 0.6) is 0 Å². The predicted molar refractivity (Wildman–Crippen MR) is 76.9 cm³/mol. The van der Waals surface area contributed by atoms with Gasteiger partial charge in [0.05, 0.1) is 12.1 Å². The summed E-state index contributed by atoms with van der Waals surface area (Å²) in [6.07, 6.45) is 0.0517. The maximum Gasteiger partial charge on any atom is 0.264 e. The number of benzene rings is 1. The molecule has 0 bridgehead atoms. The molecule has 2 aromatic rings. The van der Waals surface area contributed by atoms with E-state index >= 15 is 0 Å². The normalized spacial score (nSPS) is 11.4. The van der Waals surface area contributed by atoms with Crippen LogP contribution in [-0.2, 0) is 11.2 Å². The molecule has 1 heterocycles. The molecule has 0 unspecified atom stereocenters. The Morgan fingerprint density at radius 1 is 1.30 bits per heavy atom. The summed E-state index contributed by atoms with van der Waals surface area (Å²) < 4.78 is 0. The lowest BCUT2D eigenvalue weighted by molar-refractivity contribution is -0.120. The molecular weight excluding hydrogens is 280 g/mol. The molecule has 104 valence electrons. The van der Waals surface area contributed by atoms with Crippen molar-refractivity contribution in [3.63, 3.8) is 0 Å². The predicted octanol–water partition coefficient (Wildman–Crippen LogP) is 1.44.